The van der Waals surface area contributed by atoms with E-state index in [9.17, 15) is 0 Å². The molecule has 0 spiro atoms. The van der Waals surface area contributed by atoms with Crippen LogP contribution in [0.3, 0.4) is 0 Å². The van der Waals surface area contributed by atoms with Crippen molar-refractivity contribution in [3.05, 3.63) is 16.8 Å². The fourth-order valence-corrected chi connectivity index (χ4v) is 2.47. The summed E-state index contributed by atoms with van der Waals surface area (Å²) in [5, 5.41) is 7.00. The Balaban J connectivity index is 0.000000845. The maximum absolute atomic E-state index is 4.36. The third kappa shape index (κ3) is 2.04. The standard InChI is InChI=1S/C7H7N3S2.ClH/c1-4-3-11-7(8-4)6-5(2)9-10-12-6;/h3H,1-2H3;1H/p-1. The summed E-state index contributed by atoms with van der Waals surface area (Å²) in [5.74, 6) is 0. The van der Waals surface area contributed by atoms with E-state index in [0.29, 0.717) is 0 Å². The van der Waals surface area contributed by atoms with Gasteiger partial charge < -0.3 is 12.4 Å². The number of thiazole rings is 1. The quantitative estimate of drug-likeness (QED) is 0.652. The molecule has 70 valence electrons. The first-order valence-corrected chi connectivity index (χ1v) is 5.14. The highest BCUT2D eigenvalue weighted by Gasteiger charge is 2.08. The van der Waals surface area contributed by atoms with E-state index < -0.39 is 0 Å². The van der Waals surface area contributed by atoms with Crippen molar-refractivity contribution in [3.8, 4) is 9.88 Å². The summed E-state index contributed by atoms with van der Waals surface area (Å²) in [6, 6.07) is 0. The van der Waals surface area contributed by atoms with Gasteiger partial charge in [-0.15, -0.1) is 16.4 Å². The van der Waals surface area contributed by atoms with Crippen LogP contribution in [0.5, 0.6) is 0 Å². The Labute approximate surface area is 90.4 Å². The van der Waals surface area contributed by atoms with Crippen LogP contribution in [0.2, 0.25) is 0 Å². The van der Waals surface area contributed by atoms with Gasteiger partial charge in [0.2, 0.25) is 0 Å². The van der Waals surface area contributed by atoms with Crippen LogP contribution in [0.4, 0.5) is 0 Å². The molecule has 0 unspecified atom stereocenters. The highest BCUT2D eigenvalue weighted by molar-refractivity contribution is 7.18. The first-order valence-electron chi connectivity index (χ1n) is 3.49. The van der Waals surface area contributed by atoms with Gasteiger partial charge in [-0.2, -0.15) is 0 Å². The second kappa shape index (κ2) is 4.13. The van der Waals surface area contributed by atoms with E-state index in [1.165, 1.54) is 11.5 Å². The molecule has 2 heterocycles. The van der Waals surface area contributed by atoms with Gasteiger partial charge in [-0.1, -0.05) is 4.49 Å². The van der Waals surface area contributed by atoms with Crippen LogP contribution >= 0.6 is 22.9 Å². The van der Waals surface area contributed by atoms with Crippen molar-refractivity contribution in [2.24, 2.45) is 0 Å². The minimum atomic E-state index is 0. The fourth-order valence-electron chi connectivity index (χ4n) is 0.886. The van der Waals surface area contributed by atoms with Gasteiger partial charge in [0.15, 0.2) is 0 Å². The van der Waals surface area contributed by atoms with Gasteiger partial charge in [0.1, 0.15) is 9.88 Å². The highest BCUT2D eigenvalue weighted by Crippen LogP contribution is 2.28. The highest BCUT2D eigenvalue weighted by atomic mass is 35.5. The van der Waals surface area contributed by atoms with Gasteiger partial charge in [0.05, 0.1) is 5.69 Å². The van der Waals surface area contributed by atoms with Crippen molar-refractivity contribution in [3.63, 3.8) is 0 Å². The molecule has 6 heteroatoms. The summed E-state index contributed by atoms with van der Waals surface area (Å²) < 4.78 is 3.87. The summed E-state index contributed by atoms with van der Waals surface area (Å²) >= 11 is 3.04. The second-order valence-electron chi connectivity index (χ2n) is 2.48. The molecule has 0 fully saturated rings. The summed E-state index contributed by atoms with van der Waals surface area (Å²) in [6.07, 6.45) is 0. The normalized spacial score (nSPS) is 9.69. The molecule has 0 atom stereocenters. The monoisotopic (exact) mass is 232 g/mol. The molecule has 0 N–H and O–H groups in total. The number of rotatable bonds is 1. The van der Waals surface area contributed by atoms with Crippen LogP contribution < -0.4 is 12.4 Å². The van der Waals surface area contributed by atoms with Gasteiger partial charge in [-0.05, 0) is 25.4 Å². The lowest BCUT2D eigenvalue weighted by atomic mass is 10.4. The van der Waals surface area contributed by atoms with Crippen molar-refractivity contribution in [1.29, 1.82) is 0 Å². The number of hydrogen-bond donors (Lipinski definition) is 0. The van der Waals surface area contributed by atoms with Gasteiger partial charge in [0.25, 0.3) is 0 Å². The predicted molar refractivity (Wildman–Crippen MR) is 50.5 cm³/mol. The zero-order valence-electron chi connectivity index (χ0n) is 7.11. The van der Waals surface area contributed by atoms with Crippen molar-refractivity contribution in [1.82, 2.24) is 14.6 Å². The van der Waals surface area contributed by atoms with E-state index in [-0.39, 0.29) is 12.4 Å². The third-order valence-electron chi connectivity index (χ3n) is 1.46. The average molecular weight is 233 g/mol. The molecular formula is C7H7ClN3S2-. The SMILES string of the molecule is Cc1csc(-c2snnc2C)n1.[Cl-]. The van der Waals surface area contributed by atoms with E-state index in [2.05, 4.69) is 14.6 Å². The fraction of sp³-hybridized carbons (Fsp3) is 0.286. The molecule has 0 aliphatic rings. The lowest BCUT2D eigenvalue weighted by Gasteiger charge is -1.87. The maximum atomic E-state index is 4.36. The molecule has 0 radical (unpaired) electrons. The molecule has 0 bridgehead atoms. The van der Waals surface area contributed by atoms with E-state index in [0.717, 1.165) is 21.3 Å². The Morgan fingerprint density at radius 1 is 1.31 bits per heavy atom. The topological polar surface area (TPSA) is 38.7 Å². The summed E-state index contributed by atoms with van der Waals surface area (Å²) in [6.45, 7) is 3.94. The number of hydrogen-bond acceptors (Lipinski definition) is 5. The molecule has 0 saturated heterocycles. The Kier molecular flexibility index (Phi) is 3.35. The number of aryl methyl sites for hydroxylation is 2. The van der Waals surface area contributed by atoms with Gasteiger partial charge >= 0.3 is 0 Å². The molecule has 2 rings (SSSR count). The maximum Gasteiger partial charge on any atom is 0.137 e. The van der Waals surface area contributed by atoms with E-state index in [1.54, 1.807) is 11.3 Å². The third-order valence-corrected chi connectivity index (χ3v) is 3.41. The summed E-state index contributed by atoms with van der Waals surface area (Å²) in [7, 11) is 0. The zero-order valence-corrected chi connectivity index (χ0v) is 9.50. The van der Waals surface area contributed by atoms with Crippen molar-refractivity contribution in [2.75, 3.05) is 0 Å². The Morgan fingerprint density at radius 2 is 2.08 bits per heavy atom. The van der Waals surface area contributed by atoms with Crippen LogP contribution in [0.15, 0.2) is 5.38 Å². The lowest BCUT2D eigenvalue weighted by molar-refractivity contribution is -0.00000264. The van der Waals surface area contributed by atoms with E-state index >= 15 is 0 Å². The van der Waals surface area contributed by atoms with Gasteiger partial charge in [-0.25, -0.2) is 4.98 Å². The summed E-state index contributed by atoms with van der Waals surface area (Å²) in [4.78, 5) is 5.45. The molecule has 0 aliphatic carbocycles. The molecule has 2 aromatic heterocycles. The number of nitrogens with zero attached hydrogens (tertiary/aromatic N) is 3. The largest absolute Gasteiger partial charge is 1.00 e. The average Bonchev–Trinajstić information content (AvgIpc) is 2.58. The van der Waals surface area contributed by atoms with Gasteiger partial charge in [0, 0.05) is 11.1 Å². The summed E-state index contributed by atoms with van der Waals surface area (Å²) in [5.41, 5.74) is 2.03. The van der Waals surface area contributed by atoms with Crippen LogP contribution in [0, 0.1) is 13.8 Å². The van der Waals surface area contributed by atoms with Crippen molar-refractivity contribution < 1.29 is 12.4 Å². The Hall–Kier alpha value is -0.520. The predicted octanol–water partition coefficient (Wildman–Crippen LogP) is -0.718. The minimum absolute atomic E-state index is 0. The molecule has 3 nitrogen and oxygen atoms in total. The molecular weight excluding hydrogens is 226 g/mol. The zero-order chi connectivity index (χ0) is 8.55. The smallest absolute Gasteiger partial charge is 0.137 e. The molecule has 0 saturated carbocycles. The molecule has 0 aliphatic heterocycles. The van der Waals surface area contributed by atoms with Crippen LogP contribution in [0.1, 0.15) is 11.4 Å². The van der Waals surface area contributed by atoms with Crippen LogP contribution in [0.25, 0.3) is 9.88 Å². The Bertz CT molecular complexity index is 396. The van der Waals surface area contributed by atoms with Crippen LogP contribution in [-0.2, 0) is 0 Å². The van der Waals surface area contributed by atoms with Crippen molar-refractivity contribution in [2.45, 2.75) is 13.8 Å². The molecule has 13 heavy (non-hydrogen) atoms. The van der Waals surface area contributed by atoms with Crippen LogP contribution in [-0.4, -0.2) is 14.6 Å². The van der Waals surface area contributed by atoms with Gasteiger partial charge in [-0.3, -0.25) is 0 Å². The second-order valence-corrected chi connectivity index (χ2v) is 4.09. The molecule has 0 amide bonds. The first-order chi connectivity index (χ1) is 5.77. The first kappa shape index (κ1) is 10.6. The minimum Gasteiger partial charge on any atom is -1.00 e. The number of aromatic nitrogens is 3. The lowest BCUT2D eigenvalue weighted by Crippen LogP contribution is -3.00. The van der Waals surface area contributed by atoms with Crippen molar-refractivity contribution >= 4 is 22.9 Å². The Morgan fingerprint density at radius 3 is 2.54 bits per heavy atom. The number of halogens is 1. The molecule has 2 aromatic rings. The van der Waals surface area contributed by atoms with E-state index in [4.69, 9.17) is 0 Å². The molecule has 0 aromatic carbocycles. The van der Waals surface area contributed by atoms with E-state index in [1.807, 2.05) is 19.2 Å².